The minimum Gasteiger partial charge on any atom is -0.465 e. The molecule has 0 aromatic carbocycles. The number of rotatable bonds is 9. The van der Waals surface area contributed by atoms with Crippen molar-refractivity contribution < 1.29 is 9.53 Å². The number of thioether (sulfide) groups is 1. The third-order valence-electron chi connectivity index (χ3n) is 5.11. The molecule has 3 aliphatic carbocycles. The van der Waals surface area contributed by atoms with Gasteiger partial charge in [-0.2, -0.15) is 11.8 Å². The van der Waals surface area contributed by atoms with Crippen molar-refractivity contribution in [3.8, 4) is 0 Å². The topological polar surface area (TPSA) is 38.3 Å². The predicted octanol–water partition coefficient (Wildman–Crippen LogP) is 3.37. The standard InChI is InChI=1S/C17H29NO2S/c1-2-20-16(19)17(14-7-8-14,18-15-9-10-15)12-21-11-13-5-3-4-6-13/h13-15,18H,2-12H2,1H3. The van der Waals surface area contributed by atoms with Gasteiger partial charge in [-0.25, -0.2) is 0 Å². The molecule has 0 bridgehead atoms. The van der Waals surface area contributed by atoms with Crippen LogP contribution in [-0.2, 0) is 9.53 Å². The van der Waals surface area contributed by atoms with Crippen LogP contribution in [0.2, 0.25) is 0 Å². The van der Waals surface area contributed by atoms with Crippen molar-refractivity contribution in [2.75, 3.05) is 18.1 Å². The number of hydrogen-bond donors (Lipinski definition) is 1. The van der Waals surface area contributed by atoms with Gasteiger partial charge in [0.05, 0.1) is 6.61 Å². The van der Waals surface area contributed by atoms with Gasteiger partial charge in [0.25, 0.3) is 0 Å². The lowest BCUT2D eigenvalue weighted by molar-refractivity contribution is -0.151. The van der Waals surface area contributed by atoms with Gasteiger partial charge in [0.2, 0.25) is 0 Å². The Labute approximate surface area is 133 Å². The molecule has 3 nitrogen and oxygen atoms in total. The first kappa shape index (κ1) is 15.7. The van der Waals surface area contributed by atoms with E-state index in [1.54, 1.807) is 0 Å². The number of carbonyl (C=O) groups excluding carboxylic acids is 1. The number of nitrogens with one attached hydrogen (secondary N) is 1. The molecule has 0 aromatic rings. The molecule has 3 rings (SSSR count). The molecule has 120 valence electrons. The maximum atomic E-state index is 12.6. The highest BCUT2D eigenvalue weighted by atomic mass is 32.2. The summed E-state index contributed by atoms with van der Waals surface area (Å²) in [6.45, 7) is 2.41. The van der Waals surface area contributed by atoms with Crippen LogP contribution < -0.4 is 5.32 Å². The Hall–Kier alpha value is -0.220. The predicted molar refractivity (Wildman–Crippen MR) is 87.5 cm³/mol. The lowest BCUT2D eigenvalue weighted by Crippen LogP contribution is -2.58. The molecule has 1 unspecified atom stereocenters. The van der Waals surface area contributed by atoms with Crippen LogP contribution in [0.1, 0.15) is 58.3 Å². The van der Waals surface area contributed by atoms with Crippen LogP contribution in [0.4, 0.5) is 0 Å². The van der Waals surface area contributed by atoms with Gasteiger partial charge in [-0.3, -0.25) is 10.1 Å². The Kier molecular flexibility index (Phi) is 5.15. The molecule has 0 aromatic heterocycles. The van der Waals surface area contributed by atoms with E-state index >= 15 is 0 Å². The van der Waals surface area contributed by atoms with Gasteiger partial charge >= 0.3 is 5.97 Å². The molecule has 0 saturated heterocycles. The molecule has 0 spiro atoms. The summed E-state index contributed by atoms with van der Waals surface area (Å²) in [6.07, 6.45) is 10.4. The van der Waals surface area contributed by atoms with Gasteiger partial charge < -0.3 is 4.74 Å². The summed E-state index contributed by atoms with van der Waals surface area (Å²) in [7, 11) is 0. The molecule has 0 radical (unpaired) electrons. The zero-order chi connectivity index (χ0) is 14.7. The fraction of sp³-hybridized carbons (Fsp3) is 0.941. The Morgan fingerprint density at radius 1 is 1.19 bits per heavy atom. The first-order valence-corrected chi connectivity index (χ1v) is 9.92. The fourth-order valence-electron chi connectivity index (χ4n) is 3.55. The fourth-order valence-corrected chi connectivity index (χ4v) is 5.10. The average molecular weight is 311 g/mol. The van der Waals surface area contributed by atoms with E-state index in [1.165, 1.54) is 57.1 Å². The van der Waals surface area contributed by atoms with Crippen LogP contribution in [-0.4, -0.2) is 35.7 Å². The number of esters is 1. The van der Waals surface area contributed by atoms with Crippen molar-refractivity contribution in [3.63, 3.8) is 0 Å². The highest BCUT2D eigenvalue weighted by molar-refractivity contribution is 7.99. The normalized spacial score (nSPS) is 25.8. The molecule has 0 heterocycles. The zero-order valence-corrected chi connectivity index (χ0v) is 14.1. The Bertz CT molecular complexity index is 362. The van der Waals surface area contributed by atoms with Crippen molar-refractivity contribution in [2.24, 2.45) is 11.8 Å². The van der Waals surface area contributed by atoms with E-state index < -0.39 is 0 Å². The Balaban J connectivity index is 1.60. The van der Waals surface area contributed by atoms with Gasteiger partial charge in [-0.1, -0.05) is 12.8 Å². The summed E-state index contributed by atoms with van der Waals surface area (Å²) in [6, 6.07) is 0.557. The van der Waals surface area contributed by atoms with Crippen LogP contribution >= 0.6 is 11.8 Å². The first-order chi connectivity index (χ1) is 10.2. The van der Waals surface area contributed by atoms with E-state index in [-0.39, 0.29) is 11.5 Å². The second kappa shape index (κ2) is 6.91. The van der Waals surface area contributed by atoms with Crippen LogP contribution in [0.25, 0.3) is 0 Å². The van der Waals surface area contributed by atoms with E-state index in [0.717, 1.165) is 11.7 Å². The molecule has 21 heavy (non-hydrogen) atoms. The number of ether oxygens (including phenoxy) is 1. The van der Waals surface area contributed by atoms with Gasteiger partial charge in [0.15, 0.2) is 0 Å². The van der Waals surface area contributed by atoms with Gasteiger partial charge in [0, 0.05) is 11.8 Å². The second-order valence-electron chi connectivity index (χ2n) is 7.05. The van der Waals surface area contributed by atoms with E-state index in [2.05, 4.69) is 5.32 Å². The Morgan fingerprint density at radius 3 is 2.48 bits per heavy atom. The van der Waals surface area contributed by atoms with Crippen molar-refractivity contribution in [2.45, 2.75) is 69.9 Å². The van der Waals surface area contributed by atoms with Crippen LogP contribution in [0, 0.1) is 11.8 Å². The van der Waals surface area contributed by atoms with E-state index in [0.29, 0.717) is 18.6 Å². The van der Waals surface area contributed by atoms with E-state index in [9.17, 15) is 4.79 Å². The van der Waals surface area contributed by atoms with E-state index in [1.807, 2.05) is 18.7 Å². The molecule has 3 aliphatic rings. The third kappa shape index (κ3) is 3.95. The van der Waals surface area contributed by atoms with Crippen molar-refractivity contribution in [1.82, 2.24) is 5.32 Å². The van der Waals surface area contributed by atoms with Crippen molar-refractivity contribution in [1.29, 1.82) is 0 Å². The molecule has 0 aliphatic heterocycles. The molecule has 0 amide bonds. The maximum Gasteiger partial charge on any atom is 0.327 e. The summed E-state index contributed by atoms with van der Waals surface area (Å²) in [4.78, 5) is 12.6. The van der Waals surface area contributed by atoms with Crippen LogP contribution in [0.5, 0.6) is 0 Å². The summed E-state index contributed by atoms with van der Waals surface area (Å²) >= 11 is 1.99. The SMILES string of the molecule is CCOC(=O)C(CSCC1CCCC1)(NC1CC1)C1CC1. The lowest BCUT2D eigenvalue weighted by atomic mass is 9.95. The minimum atomic E-state index is -0.388. The molecule has 1 atom stereocenters. The lowest BCUT2D eigenvalue weighted by Gasteiger charge is -2.33. The maximum absolute atomic E-state index is 12.6. The van der Waals surface area contributed by atoms with Crippen LogP contribution in [0.15, 0.2) is 0 Å². The second-order valence-corrected chi connectivity index (χ2v) is 8.08. The summed E-state index contributed by atoms with van der Waals surface area (Å²) in [5.41, 5.74) is -0.388. The molecule has 3 fully saturated rings. The summed E-state index contributed by atoms with van der Waals surface area (Å²) < 4.78 is 5.45. The van der Waals surface area contributed by atoms with Crippen molar-refractivity contribution in [3.05, 3.63) is 0 Å². The van der Waals surface area contributed by atoms with Gasteiger partial charge in [-0.15, -0.1) is 0 Å². The molecule has 3 saturated carbocycles. The molecule has 4 heteroatoms. The smallest absolute Gasteiger partial charge is 0.327 e. The quantitative estimate of drug-likeness (QED) is 0.663. The largest absolute Gasteiger partial charge is 0.465 e. The van der Waals surface area contributed by atoms with Gasteiger partial charge in [-0.05, 0) is 63.0 Å². The van der Waals surface area contributed by atoms with Crippen molar-refractivity contribution >= 4 is 17.7 Å². The molecular formula is C17H29NO2S. The summed E-state index contributed by atoms with van der Waals surface area (Å²) in [5.74, 6) is 3.53. The van der Waals surface area contributed by atoms with E-state index in [4.69, 9.17) is 4.74 Å². The van der Waals surface area contributed by atoms with Crippen LogP contribution in [0.3, 0.4) is 0 Å². The molecular weight excluding hydrogens is 282 g/mol. The van der Waals surface area contributed by atoms with Gasteiger partial charge in [0.1, 0.15) is 5.54 Å². The first-order valence-electron chi connectivity index (χ1n) is 8.77. The minimum absolute atomic E-state index is 0.0123. The Morgan fingerprint density at radius 2 is 1.90 bits per heavy atom. The highest BCUT2D eigenvalue weighted by Crippen LogP contribution is 2.44. The third-order valence-corrected chi connectivity index (χ3v) is 6.48. The molecule has 1 N–H and O–H groups in total. The number of carbonyl (C=O) groups is 1. The summed E-state index contributed by atoms with van der Waals surface area (Å²) in [5, 5.41) is 3.68. The zero-order valence-electron chi connectivity index (χ0n) is 13.2. The highest BCUT2D eigenvalue weighted by Gasteiger charge is 2.53. The average Bonchev–Trinajstić information content (AvgIpc) is 3.39. The number of hydrogen-bond acceptors (Lipinski definition) is 4. The monoisotopic (exact) mass is 311 g/mol.